The molecule has 0 radical (unpaired) electrons. The summed E-state index contributed by atoms with van der Waals surface area (Å²) in [6.45, 7) is 6.37. The van der Waals surface area contributed by atoms with Crippen molar-refractivity contribution in [2.24, 2.45) is 0 Å². The Balaban J connectivity index is 2.46. The average molecular weight is 299 g/mol. The molecular weight excluding hydrogens is 278 g/mol. The van der Waals surface area contributed by atoms with Crippen LogP contribution >= 0.6 is 0 Å². The summed E-state index contributed by atoms with van der Waals surface area (Å²) >= 11 is 0. The lowest BCUT2D eigenvalue weighted by Gasteiger charge is -2.35. The van der Waals surface area contributed by atoms with E-state index in [9.17, 15) is 8.42 Å². The Hall–Kier alpha value is -1.11. The molecule has 6 heteroatoms. The van der Waals surface area contributed by atoms with Crippen molar-refractivity contribution in [3.63, 3.8) is 0 Å². The van der Waals surface area contributed by atoms with Crippen LogP contribution in [0.4, 0.5) is 0 Å². The SMILES string of the molecule is COc1ccc(C)cc1S(=O)(=O)N1CC(C)OCC1C. The van der Waals surface area contributed by atoms with Crippen LogP contribution < -0.4 is 4.74 Å². The molecule has 0 aliphatic carbocycles. The van der Waals surface area contributed by atoms with Gasteiger partial charge in [0.15, 0.2) is 0 Å². The second kappa shape index (κ2) is 5.71. The number of hydrogen-bond acceptors (Lipinski definition) is 4. The molecule has 1 aliphatic heterocycles. The van der Waals surface area contributed by atoms with Gasteiger partial charge in [0, 0.05) is 12.6 Å². The minimum Gasteiger partial charge on any atom is -0.495 e. The fraction of sp³-hybridized carbons (Fsp3) is 0.571. The van der Waals surface area contributed by atoms with Gasteiger partial charge in [0.05, 0.1) is 19.8 Å². The molecule has 0 N–H and O–H groups in total. The van der Waals surface area contributed by atoms with E-state index in [0.29, 0.717) is 18.9 Å². The lowest BCUT2D eigenvalue weighted by Crippen LogP contribution is -2.50. The van der Waals surface area contributed by atoms with Crippen LogP contribution in [0.5, 0.6) is 5.75 Å². The average Bonchev–Trinajstić information content (AvgIpc) is 2.41. The number of methoxy groups -OCH3 is 1. The molecule has 0 bridgehead atoms. The van der Waals surface area contributed by atoms with E-state index in [0.717, 1.165) is 5.56 Å². The number of sulfonamides is 1. The molecule has 1 aromatic rings. The number of rotatable bonds is 3. The van der Waals surface area contributed by atoms with Crippen molar-refractivity contribution >= 4 is 10.0 Å². The van der Waals surface area contributed by atoms with Gasteiger partial charge in [-0.2, -0.15) is 4.31 Å². The smallest absolute Gasteiger partial charge is 0.247 e. The van der Waals surface area contributed by atoms with Crippen molar-refractivity contribution in [3.05, 3.63) is 23.8 Å². The van der Waals surface area contributed by atoms with E-state index in [1.807, 2.05) is 26.8 Å². The molecule has 1 saturated heterocycles. The van der Waals surface area contributed by atoms with Gasteiger partial charge in [0.1, 0.15) is 10.6 Å². The van der Waals surface area contributed by atoms with Crippen LogP contribution in [0.3, 0.4) is 0 Å². The summed E-state index contributed by atoms with van der Waals surface area (Å²) in [6.07, 6.45) is -0.100. The summed E-state index contributed by atoms with van der Waals surface area (Å²) in [5.74, 6) is 0.377. The highest BCUT2D eigenvalue weighted by Gasteiger charge is 2.35. The van der Waals surface area contributed by atoms with Gasteiger partial charge >= 0.3 is 0 Å². The summed E-state index contributed by atoms with van der Waals surface area (Å²) in [6, 6.07) is 5.00. The molecule has 0 amide bonds. The Morgan fingerprint density at radius 3 is 2.70 bits per heavy atom. The highest BCUT2D eigenvalue weighted by atomic mass is 32.2. The van der Waals surface area contributed by atoms with E-state index in [-0.39, 0.29) is 17.0 Å². The maximum absolute atomic E-state index is 12.9. The summed E-state index contributed by atoms with van der Waals surface area (Å²) in [4.78, 5) is 0.223. The normalized spacial score (nSPS) is 24.6. The van der Waals surface area contributed by atoms with Crippen LogP contribution in [-0.2, 0) is 14.8 Å². The van der Waals surface area contributed by atoms with E-state index in [4.69, 9.17) is 9.47 Å². The molecule has 0 saturated carbocycles. The highest BCUT2D eigenvalue weighted by Crippen LogP contribution is 2.30. The zero-order chi connectivity index (χ0) is 14.9. The van der Waals surface area contributed by atoms with Gasteiger partial charge in [-0.25, -0.2) is 8.42 Å². The third kappa shape index (κ3) is 2.82. The quantitative estimate of drug-likeness (QED) is 0.854. The van der Waals surface area contributed by atoms with Crippen molar-refractivity contribution in [2.45, 2.75) is 37.8 Å². The minimum atomic E-state index is -3.58. The second-order valence-electron chi connectivity index (χ2n) is 5.22. The molecule has 2 rings (SSSR count). The van der Waals surface area contributed by atoms with Gasteiger partial charge in [-0.05, 0) is 38.5 Å². The molecule has 1 aliphatic rings. The van der Waals surface area contributed by atoms with E-state index >= 15 is 0 Å². The molecule has 1 aromatic carbocycles. The topological polar surface area (TPSA) is 55.8 Å². The van der Waals surface area contributed by atoms with Crippen LogP contribution in [0.15, 0.2) is 23.1 Å². The standard InChI is InChI=1S/C14H21NO4S/c1-10-5-6-13(18-4)14(7-10)20(16,17)15-8-12(3)19-9-11(15)2/h5-7,11-12H,8-9H2,1-4H3. The van der Waals surface area contributed by atoms with Crippen molar-refractivity contribution < 1.29 is 17.9 Å². The van der Waals surface area contributed by atoms with Gasteiger partial charge in [0.25, 0.3) is 0 Å². The van der Waals surface area contributed by atoms with Crippen molar-refractivity contribution in [1.29, 1.82) is 0 Å². The van der Waals surface area contributed by atoms with E-state index in [2.05, 4.69) is 0 Å². The van der Waals surface area contributed by atoms with Crippen LogP contribution in [-0.4, -0.2) is 45.1 Å². The molecule has 2 atom stereocenters. The summed E-state index contributed by atoms with van der Waals surface area (Å²) in [5, 5.41) is 0. The number of hydrogen-bond donors (Lipinski definition) is 0. The Morgan fingerprint density at radius 2 is 2.05 bits per heavy atom. The third-order valence-corrected chi connectivity index (χ3v) is 5.46. The van der Waals surface area contributed by atoms with Crippen molar-refractivity contribution in [2.75, 3.05) is 20.3 Å². The number of benzene rings is 1. The fourth-order valence-electron chi connectivity index (χ4n) is 2.32. The van der Waals surface area contributed by atoms with E-state index in [1.54, 1.807) is 12.1 Å². The minimum absolute atomic E-state index is 0.100. The monoisotopic (exact) mass is 299 g/mol. The maximum atomic E-state index is 12.9. The van der Waals surface area contributed by atoms with E-state index in [1.165, 1.54) is 11.4 Å². The number of nitrogens with zero attached hydrogens (tertiary/aromatic N) is 1. The fourth-order valence-corrected chi connectivity index (χ4v) is 4.25. The molecule has 0 aromatic heterocycles. The zero-order valence-electron chi connectivity index (χ0n) is 12.3. The van der Waals surface area contributed by atoms with Gasteiger partial charge in [-0.3, -0.25) is 0 Å². The molecule has 5 nitrogen and oxygen atoms in total. The van der Waals surface area contributed by atoms with Crippen LogP contribution in [0.2, 0.25) is 0 Å². The number of aryl methyl sites for hydroxylation is 1. The van der Waals surface area contributed by atoms with Crippen LogP contribution in [0, 0.1) is 6.92 Å². The van der Waals surface area contributed by atoms with Gasteiger partial charge in [0.2, 0.25) is 10.0 Å². The lowest BCUT2D eigenvalue weighted by molar-refractivity contribution is -0.0171. The van der Waals surface area contributed by atoms with Gasteiger partial charge in [-0.15, -0.1) is 0 Å². The van der Waals surface area contributed by atoms with Crippen molar-refractivity contribution in [3.8, 4) is 5.75 Å². The van der Waals surface area contributed by atoms with Gasteiger partial charge < -0.3 is 9.47 Å². The maximum Gasteiger partial charge on any atom is 0.247 e. The number of morpholine rings is 1. The first-order chi connectivity index (χ1) is 9.36. The molecule has 20 heavy (non-hydrogen) atoms. The summed E-state index contributed by atoms with van der Waals surface area (Å²) < 4.78 is 37.9. The van der Waals surface area contributed by atoms with Crippen LogP contribution in [0.1, 0.15) is 19.4 Å². The molecule has 0 spiro atoms. The lowest BCUT2D eigenvalue weighted by atomic mass is 10.2. The zero-order valence-corrected chi connectivity index (χ0v) is 13.1. The van der Waals surface area contributed by atoms with Crippen LogP contribution in [0.25, 0.3) is 0 Å². The first kappa shape index (κ1) is 15.3. The van der Waals surface area contributed by atoms with Gasteiger partial charge in [-0.1, -0.05) is 6.07 Å². The molecular formula is C14H21NO4S. The Morgan fingerprint density at radius 1 is 1.35 bits per heavy atom. The first-order valence-electron chi connectivity index (χ1n) is 6.64. The molecule has 112 valence electrons. The summed E-state index contributed by atoms with van der Waals surface area (Å²) in [5.41, 5.74) is 0.887. The predicted molar refractivity (Wildman–Crippen MR) is 76.5 cm³/mol. The van der Waals surface area contributed by atoms with E-state index < -0.39 is 10.0 Å². The predicted octanol–water partition coefficient (Wildman–Crippen LogP) is 1.80. The largest absolute Gasteiger partial charge is 0.495 e. The molecule has 1 heterocycles. The first-order valence-corrected chi connectivity index (χ1v) is 8.08. The molecule has 1 fully saturated rings. The Labute approximate surface area is 120 Å². The molecule has 2 unspecified atom stereocenters. The Bertz CT molecular complexity index is 585. The Kier molecular flexibility index (Phi) is 4.36. The highest BCUT2D eigenvalue weighted by molar-refractivity contribution is 7.89. The summed E-state index contributed by atoms with van der Waals surface area (Å²) in [7, 11) is -2.10. The second-order valence-corrected chi connectivity index (χ2v) is 7.08. The number of ether oxygens (including phenoxy) is 2. The third-order valence-electron chi connectivity index (χ3n) is 3.46. The van der Waals surface area contributed by atoms with Crippen molar-refractivity contribution in [1.82, 2.24) is 4.31 Å².